The van der Waals surface area contributed by atoms with Crippen molar-refractivity contribution in [2.75, 3.05) is 12.3 Å². The molecule has 0 bridgehead atoms. The third kappa shape index (κ3) is 3.56. The molecule has 18 heavy (non-hydrogen) atoms. The molecule has 102 valence electrons. The summed E-state index contributed by atoms with van der Waals surface area (Å²) in [6, 6.07) is 0.546. The van der Waals surface area contributed by atoms with Crippen molar-refractivity contribution in [2.24, 2.45) is 5.73 Å². The predicted molar refractivity (Wildman–Crippen MR) is 60.0 cm³/mol. The van der Waals surface area contributed by atoms with E-state index in [9.17, 15) is 21.6 Å². The topological polar surface area (TPSA) is 73.1 Å². The number of pyridine rings is 1. The molecule has 2 N–H and O–H groups in total. The third-order valence-electron chi connectivity index (χ3n) is 2.05. The average Bonchev–Trinajstić information content (AvgIpc) is 2.24. The van der Waals surface area contributed by atoms with Crippen molar-refractivity contribution in [3.63, 3.8) is 0 Å². The van der Waals surface area contributed by atoms with Crippen LogP contribution >= 0.6 is 11.6 Å². The van der Waals surface area contributed by atoms with Crippen LogP contribution in [0, 0.1) is 0 Å². The lowest BCUT2D eigenvalue weighted by Crippen LogP contribution is -2.14. The molecule has 0 aromatic carbocycles. The molecule has 0 fully saturated rings. The monoisotopic (exact) mass is 302 g/mol. The van der Waals surface area contributed by atoms with Crippen LogP contribution in [-0.4, -0.2) is 25.7 Å². The van der Waals surface area contributed by atoms with E-state index in [1.807, 2.05) is 0 Å². The standard InChI is InChI=1S/C9H10ClF3N2O2S/c10-7-4-6(9(11,12)13)5-15-8(7)18(16,17)3-1-2-14/h4-5H,1-3,14H2. The second-order valence-electron chi connectivity index (χ2n) is 3.47. The maximum atomic E-state index is 12.3. The highest BCUT2D eigenvalue weighted by molar-refractivity contribution is 7.91. The molecule has 1 heterocycles. The van der Waals surface area contributed by atoms with Crippen LogP contribution < -0.4 is 5.73 Å². The molecule has 1 aromatic heterocycles. The van der Waals surface area contributed by atoms with Gasteiger partial charge in [-0.1, -0.05) is 11.6 Å². The Balaban J connectivity index is 3.14. The summed E-state index contributed by atoms with van der Waals surface area (Å²) in [4.78, 5) is 3.29. The molecule has 0 aliphatic heterocycles. The first-order chi connectivity index (χ1) is 8.18. The van der Waals surface area contributed by atoms with Crippen LogP contribution in [0.2, 0.25) is 5.02 Å². The van der Waals surface area contributed by atoms with E-state index in [0.717, 1.165) is 0 Å². The van der Waals surface area contributed by atoms with Gasteiger partial charge in [-0.05, 0) is 19.0 Å². The second-order valence-corrected chi connectivity index (χ2v) is 5.90. The molecular weight excluding hydrogens is 293 g/mol. The maximum absolute atomic E-state index is 12.3. The van der Waals surface area contributed by atoms with E-state index in [1.54, 1.807) is 0 Å². The summed E-state index contributed by atoms with van der Waals surface area (Å²) in [5.74, 6) is -0.304. The van der Waals surface area contributed by atoms with Gasteiger partial charge in [-0.3, -0.25) is 0 Å². The van der Waals surface area contributed by atoms with E-state index in [4.69, 9.17) is 17.3 Å². The number of halogens is 4. The molecule has 0 aliphatic rings. The predicted octanol–water partition coefficient (Wildman–Crippen LogP) is 1.88. The summed E-state index contributed by atoms with van der Waals surface area (Å²) in [6.07, 6.45) is -3.99. The fraction of sp³-hybridized carbons (Fsp3) is 0.444. The lowest BCUT2D eigenvalue weighted by Gasteiger charge is -2.09. The Morgan fingerprint density at radius 3 is 2.44 bits per heavy atom. The Hall–Kier alpha value is -0.860. The van der Waals surface area contributed by atoms with Gasteiger partial charge in [0.1, 0.15) is 0 Å². The first-order valence-electron chi connectivity index (χ1n) is 4.84. The van der Waals surface area contributed by atoms with Gasteiger partial charge in [-0.15, -0.1) is 0 Å². The Morgan fingerprint density at radius 2 is 2.00 bits per heavy atom. The molecule has 0 amide bonds. The zero-order valence-electron chi connectivity index (χ0n) is 9.04. The van der Waals surface area contributed by atoms with Crippen molar-refractivity contribution in [2.45, 2.75) is 17.6 Å². The van der Waals surface area contributed by atoms with Gasteiger partial charge in [0.25, 0.3) is 0 Å². The number of hydrogen-bond donors (Lipinski definition) is 1. The molecule has 9 heteroatoms. The molecule has 0 saturated heterocycles. The second kappa shape index (κ2) is 5.41. The number of nitrogens with zero attached hydrogens (tertiary/aromatic N) is 1. The minimum atomic E-state index is -4.61. The molecule has 1 rings (SSSR count). The number of aromatic nitrogens is 1. The van der Waals surface area contributed by atoms with Crippen molar-refractivity contribution >= 4 is 21.4 Å². The van der Waals surface area contributed by atoms with Gasteiger partial charge < -0.3 is 5.73 Å². The third-order valence-corrected chi connectivity index (χ3v) is 4.19. The minimum Gasteiger partial charge on any atom is -0.330 e. The molecule has 0 aliphatic carbocycles. The van der Waals surface area contributed by atoms with Gasteiger partial charge in [0.05, 0.1) is 16.3 Å². The summed E-state index contributed by atoms with van der Waals surface area (Å²) in [6.45, 7) is 0.150. The van der Waals surface area contributed by atoms with E-state index in [1.165, 1.54) is 0 Å². The zero-order chi connectivity index (χ0) is 14.0. The summed E-state index contributed by atoms with van der Waals surface area (Å²) in [5.41, 5.74) is 4.07. The Kier molecular flexibility index (Phi) is 4.57. The molecular formula is C9H10ClF3N2O2S. The van der Waals surface area contributed by atoms with Gasteiger partial charge in [0.2, 0.25) is 0 Å². The van der Waals surface area contributed by atoms with Gasteiger partial charge >= 0.3 is 6.18 Å². The summed E-state index contributed by atoms with van der Waals surface area (Å²) in [5, 5.41) is -1.09. The van der Waals surface area contributed by atoms with Crippen molar-refractivity contribution in [1.29, 1.82) is 0 Å². The highest BCUT2D eigenvalue weighted by Gasteiger charge is 2.32. The number of nitrogens with two attached hydrogens (primary N) is 1. The number of rotatable bonds is 4. The van der Waals surface area contributed by atoms with Crippen LogP contribution in [0.15, 0.2) is 17.3 Å². The largest absolute Gasteiger partial charge is 0.417 e. The smallest absolute Gasteiger partial charge is 0.330 e. The van der Waals surface area contributed by atoms with E-state index in [0.29, 0.717) is 12.3 Å². The summed E-state index contributed by atoms with van der Waals surface area (Å²) < 4.78 is 60.4. The van der Waals surface area contributed by atoms with Crippen LogP contribution in [0.25, 0.3) is 0 Å². The zero-order valence-corrected chi connectivity index (χ0v) is 10.6. The SMILES string of the molecule is NCCCS(=O)(=O)c1ncc(C(F)(F)F)cc1Cl. The quantitative estimate of drug-likeness (QED) is 0.921. The van der Waals surface area contributed by atoms with Gasteiger partial charge in [-0.25, -0.2) is 13.4 Å². The molecule has 0 spiro atoms. The van der Waals surface area contributed by atoms with Crippen LogP contribution in [0.4, 0.5) is 13.2 Å². The molecule has 0 unspecified atom stereocenters. The Bertz CT molecular complexity index is 531. The Labute approximate surface area is 107 Å². The lowest BCUT2D eigenvalue weighted by atomic mass is 10.3. The molecule has 1 aromatic rings. The van der Waals surface area contributed by atoms with Crippen LogP contribution in [0.5, 0.6) is 0 Å². The van der Waals surface area contributed by atoms with Crippen molar-refractivity contribution < 1.29 is 21.6 Å². The van der Waals surface area contributed by atoms with Crippen LogP contribution in [0.3, 0.4) is 0 Å². The van der Waals surface area contributed by atoms with Crippen molar-refractivity contribution in [3.05, 3.63) is 22.8 Å². The van der Waals surface area contributed by atoms with Gasteiger partial charge in [-0.2, -0.15) is 13.2 Å². The first-order valence-corrected chi connectivity index (χ1v) is 6.87. The molecule has 0 radical (unpaired) electrons. The number of sulfone groups is 1. The van der Waals surface area contributed by atoms with Crippen LogP contribution in [-0.2, 0) is 16.0 Å². The highest BCUT2D eigenvalue weighted by atomic mass is 35.5. The van der Waals surface area contributed by atoms with Crippen LogP contribution in [0.1, 0.15) is 12.0 Å². The van der Waals surface area contributed by atoms with E-state index in [-0.39, 0.29) is 18.7 Å². The first kappa shape index (κ1) is 15.2. The fourth-order valence-electron chi connectivity index (χ4n) is 1.18. The normalized spacial score (nSPS) is 12.7. The molecule has 4 nitrogen and oxygen atoms in total. The van der Waals surface area contributed by atoms with Crippen molar-refractivity contribution in [1.82, 2.24) is 4.98 Å². The number of alkyl halides is 3. The van der Waals surface area contributed by atoms with Gasteiger partial charge in [0.15, 0.2) is 14.9 Å². The minimum absolute atomic E-state index is 0.150. The molecule has 0 atom stereocenters. The van der Waals surface area contributed by atoms with E-state index >= 15 is 0 Å². The average molecular weight is 303 g/mol. The van der Waals surface area contributed by atoms with E-state index in [2.05, 4.69) is 4.98 Å². The fourth-order valence-corrected chi connectivity index (χ4v) is 3.01. The maximum Gasteiger partial charge on any atom is 0.417 e. The van der Waals surface area contributed by atoms with E-state index < -0.39 is 31.6 Å². The summed E-state index contributed by atoms with van der Waals surface area (Å²) >= 11 is 5.53. The van der Waals surface area contributed by atoms with Gasteiger partial charge in [0, 0.05) is 6.20 Å². The molecule has 0 saturated carbocycles. The van der Waals surface area contributed by atoms with Crippen molar-refractivity contribution in [3.8, 4) is 0 Å². The highest BCUT2D eigenvalue weighted by Crippen LogP contribution is 2.32. The number of hydrogen-bond acceptors (Lipinski definition) is 4. The lowest BCUT2D eigenvalue weighted by molar-refractivity contribution is -0.137. The Morgan fingerprint density at radius 1 is 1.39 bits per heavy atom. The summed E-state index contributed by atoms with van der Waals surface area (Å²) in [7, 11) is -3.81.